The number of hydrogen-bond donors (Lipinski definition) is 3. The zero-order valence-corrected chi connectivity index (χ0v) is 25.8. The van der Waals surface area contributed by atoms with Gasteiger partial charge in [-0.15, -0.1) is 0 Å². The second-order valence-electron chi connectivity index (χ2n) is 11.7. The summed E-state index contributed by atoms with van der Waals surface area (Å²) in [6.45, 7) is 0.888. The van der Waals surface area contributed by atoms with Gasteiger partial charge in [0, 0.05) is 25.9 Å². The van der Waals surface area contributed by atoms with Gasteiger partial charge in [-0.05, 0) is 61.6 Å². The first-order valence-corrected chi connectivity index (χ1v) is 16.0. The molecule has 3 atom stereocenters. The van der Waals surface area contributed by atoms with Crippen molar-refractivity contribution in [3.63, 3.8) is 0 Å². The Balaban J connectivity index is 1.31. The fourth-order valence-corrected chi connectivity index (χ4v) is 5.66. The number of cyclic esters (lactones) is 1. The van der Waals surface area contributed by atoms with E-state index in [0.29, 0.717) is 64.5 Å². The van der Waals surface area contributed by atoms with Crippen molar-refractivity contribution in [3.05, 3.63) is 83.4 Å². The Labute approximate surface area is 265 Å². The molecule has 3 amide bonds. The third-order valence-corrected chi connectivity index (χ3v) is 8.27. The van der Waals surface area contributed by atoms with Crippen molar-refractivity contribution in [1.29, 1.82) is 0 Å². The van der Waals surface area contributed by atoms with Crippen molar-refractivity contribution in [2.45, 2.75) is 83.0 Å². The van der Waals surface area contributed by atoms with Crippen LogP contribution in [0.5, 0.6) is 0 Å². The summed E-state index contributed by atoms with van der Waals surface area (Å²) in [5.74, 6) is -1.36. The second-order valence-corrected chi connectivity index (χ2v) is 11.7. The molecular formula is C35H45N3O7. The van der Waals surface area contributed by atoms with Crippen LogP contribution in [0.2, 0.25) is 0 Å². The number of aliphatic hydroxyl groups excluding tert-OH is 1. The highest BCUT2D eigenvalue weighted by Gasteiger charge is 2.32. The van der Waals surface area contributed by atoms with Gasteiger partial charge in [-0.25, -0.2) is 4.79 Å². The molecule has 0 aliphatic carbocycles. The quantitative estimate of drug-likeness (QED) is 0.206. The highest BCUT2D eigenvalue weighted by molar-refractivity contribution is 5.86. The molecule has 0 spiro atoms. The molecule has 45 heavy (non-hydrogen) atoms. The van der Waals surface area contributed by atoms with E-state index in [-0.39, 0.29) is 50.1 Å². The van der Waals surface area contributed by atoms with Crippen LogP contribution in [0.3, 0.4) is 0 Å². The Hall–Kier alpha value is -4.18. The molecule has 2 heterocycles. The van der Waals surface area contributed by atoms with Crippen molar-refractivity contribution in [1.82, 2.24) is 15.5 Å². The van der Waals surface area contributed by atoms with E-state index in [1.165, 1.54) is 0 Å². The number of aliphatic hydroxyl groups is 1. The van der Waals surface area contributed by atoms with Gasteiger partial charge in [0.05, 0.1) is 24.6 Å². The molecule has 2 aromatic carbocycles. The second kappa shape index (κ2) is 17.9. The molecule has 2 aromatic rings. The van der Waals surface area contributed by atoms with Crippen LogP contribution in [-0.2, 0) is 43.4 Å². The molecule has 0 fully saturated rings. The topological polar surface area (TPSA) is 134 Å². The molecule has 0 saturated carbocycles. The Morgan fingerprint density at radius 1 is 1.02 bits per heavy atom. The molecule has 2 aliphatic rings. The molecule has 242 valence electrons. The van der Waals surface area contributed by atoms with Gasteiger partial charge < -0.3 is 30.1 Å². The lowest BCUT2D eigenvalue weighted by atomic mass is 9.92. The van der Waals surface area contributed by atoms with E-state index in [9.17, 15) is 24.3 Å². The summed E-state index contributed by atoms with van der Waals surface area (Å²) in [5, 5.41) is 15.8. The summed E-state index contributed by atoms with van der Waals surface area (Å²) in [6.07, 6.45) is 7.78. The number of rotatable bonds is 10. The van der Waals surface area contributed by atoms with E-state index in [2.05, 4.69) is 10.6 Å². The number of carbonyl (C=O) groups excluding carboxylic acids is 4. The third kappa shape index (κ3) is 11.0. The largest absolute Gasteiger partial charge is 0.463 e. The minimum Gasteiger partial charge on any atom is -0.463 e. The average molecular weight is 620 g/mol. The van der Waals surface area contributed by atoms with Crippen LogP contribution in [-0.4, -0.2) is 65.7 Å². The minimum atomic E-state index is -0.606. The maximum absolute atomic E-state index is 13.6. The van der Waals surface area contributed by atoms with E-state index < -0.39 is 18.1 Å². The number of benzene rings is 2. The van der Waals surface area contributed by atoms with Gasteiger partial charge in [0.2, 0.25) is 11.8 Å². The average Bonchev–Trinajstić information content (AvgIpc) is 3.07. The summed E-state index contributed by atoms with van der Waals surface area (Å²) in [7, 11) is 0. The minimum absolute atomic E-state index is 0.0103. The van der Waals surface area contributed by atoms with E-state index >= 15 is 0 Å². The van der Waals surface area contributed by atoms with Gasteiger partial charge >= 0.3 is 12.1 Å². The van der Waals surface area contributed by atoms with E-state index in [0.717, 1.165) is 16.7 Å². The first kappa shape index (κ1) is 33.7. The number of unbranched alkanes of at least 4 members (excludes halogenated alkanes) is 1. The maximum Gasteiger partial charge on any atom is 0.407 e. The van der Waals surface area contributed by atoms with Gasteiger partial charge in [0.25, 0.3) is 0 Å². The number of alkyl carbamates (subject to hydrolysis) is 1. The van der Waals surface area contributed by atoms with Crippen LogP contribution in [0.1, 0.15) is 68.1 Å². The zero-order valence-electron chi connectivity index (χ0n) is 25.8. The van der Waals surface area contributed by atoms with E-state index in [1.54, 1.807) is 4.90 Å². The Bertz CT molecular complexity index is 1300. The predicted molar refractivity (Wildman–Crippen MR) is 169 cm³/mol. The predicted octanol–water partition coefficient (Wildman–Crippen LogP) is 4.19. The Kier molecular flexibility index (Phi) is 13.4. The lowest BCUT2D eigenvalue weighted by Crippen LogP contribution is -2.48. The number of esters is 1. The first-order chi connectivity index (χ1) is 21.9. The summed E-state index contributed by atoms with van der Waals surface area (Å²) in [5.41, 5.74) is 3.08. The van der Waals surface area contributed by atoms with Gasteiger partial charge in [0.1, 0.15) is 13.2 Å². The fourth-order valence-electron chi connectivity index (χ4n) is 5.66. The van der Waals surface area contributed by atoms with E-state index in [4.69, 9.17) is 9.47 Å². The van der Waals surface area contributed by atoms with Crippen LogP contribution < -0.4 is 10.6 Å². The normalized spacial score (nSPS) is 20.8. The molecule has 0 radical (unpaired) electrons. The maximum atomic E-state index is 13.6. The molecule has 0 saturated heterocycles. The van der Waals surface area contributed by atoms with Crippen molar-refractivity contribution in [3.8, 4) is 0 Å². The van der Waals surface area contributed by atoms with Gasteiger partial charge in [0.15, 0.2) is 0 Å². The molecule has 2 aliphatic heterocycles. The van der Waals surface area contributed by atoms with E-state index in [1.807, 2.05) is 66.7 Å². The van der Waals surface area contributed by atoms with Crippen LogP contribution in [0.15, 0.2) is 66.7 Å². The third-order valence-electron chi connectivity index (χ3n) is 8.27. The molecule has 0 aromatic heterocycles. The number of fused-ring (bicyclic) bond motifs is 1. The smallest absolute Gasteiger partial charge is 0.407 e. The summed E-state index contributed by atoms with van der Waals surface area (Å²) >= 11 is 0. The number of amides is 3. The monoisotopic (exact) mass is 619 g/mol. The standard InChI is InChI=1S/C35H45N3O7/c39-23-31-20-27-14-8-9-16-29(27)22-38(31)32(40)21-28-15-6-1-2-7-18-33(41)44-25-30(37-34(28)42)17-10-11-19-36-35(43)45-24-26-12-4-3-5-13-26/h1,3-6,8-9,12-14,16,28,30-31,39H,2,7,10-11,15,17-25H2,(H,36,43)(H,37,42). The lowest BCUT2D eigenvalue weighted by molar-refractivity contribution is -0.145. The zero-order chi connectivity index (χ0) is 31.9. The number of allylic oxidation sites excluding steroid dienone is 2. The molecule has 4 rings (SSSR count). The van der Waals surface area contributed by atoms with Crippen LogP contribution in [0, 0.1) is 5.92 Å². The molecule has 3 N–H and O–H groups in total. The number of carbonyl (C=O) groups is 4. The SMILES string of the molecule is O=C1CCCC=CCC(CC(=O)N2Cc3ccccc3CC2CO)C(=O)NC(CCCCNC(=O)OCc2ccccc2)CO1. The number of hydrogen-bond acceptors (Lipinski definition) is 7. The highest BCUT2D eigenvalue weighted by atomic mass is 16.5. The lowest BCUT2D eigenvalue weighted by Gasteiger charge is -2.36. The van der Waals surface area contributed by atoms with Crippen LogP contribution >= 0.6 is 0 Å². The molecule has 0 bridgehead atoms. The fraction of sp³-hybridized carbons (Fsp3) is 0.486. The summed E-state index contributed by atoms with van der Waals surface area (Å²) in [6, 6.07) is 16.6. The van der Waals surface area contributed by atoms with Gasteiger partial charge in [-0.3, -0.25) is 14.4 Å². The summed E-state index contributed by atoms with van der Waals surface area (Å²) in [4.78, 5) is 53.1. The van der Waals surface area contributed by atoms with Crippen molar-refractivity contribution >= 4 is 23.9 Å². The Morgan fingerprint density at radius 3 is 2.60 bits per heavy atom. The van der Waals surface area contributed by atoms with Crippen molar-refractivity contribution in [2.75, 3.05) is 19.8 Å². The highest BCUT2D eigenvalue weighted by Crippen LogP contribution is 2.25. The van der Waals surface area contributed by atoms with Crippen LogP contribution in [0.4, 0.5) is 4.79 Å². The van der Waals surface area contributed by atoms with Gasteiger partial charge in [-0.2, -0.15) is 0 Å². The molecular weight excluding hydrogens is 574 g/mol. The first-order valence-electron chi connectivity index (χ1n) is 16.0. The number of nitrogens with one attached hydrogen (secondary N) is 2. The molecule has 10 heteroatoms. The van der Waals surface area contributed by atoms with Crippen molar-refractivity contribution < 1.29 is 33.8 Å². The Morgan fingerprint density at radius 2 is 1.80 bits per heavy atom. The van der Waals surface area contributed by atoms with Gasteiger partial charge in [-0.1, -0.05) is 66.7 Å². The number of nitrogens with zero attached hydrogens (tertiary/aromatic N) is 1. The molecule has 10 nitrogen and oxygen atoms in total. The van der Waals surface area contributed by atoms with Crippen molar-refractivity contribution in [2.24, 2.45) is 5.92 Å². The van der Waals surface area contributed by atoms with Crippen LogP contribution in [0.25, 0.3) is 0 Å². The number of ether oxygens (including phenoxy) is 2. The summed E-state index contributed by atoms with van der Waals surface area (Å²) < 4.78 is 10.7. The molecule has 3 unspecified atom stereocenters.